The zero-order chi connectivity index (χ0) is 20.6. The standard InChI is InChI=1S/C24H41N5/c1-19(2)28-13-8-11-22(18-28)16-26-24(25-4)27-23-12-14-29(20(3)15-23)17-21-9-6-5-7-10-21/h5-7,9-10,19-20,22-23H,8,11-18H2,1-4H3,(H2,25,26,27). The Balaban J connectivity index is 1.42. The predicted molar refractivity (Wildman–Crippen MR) is 123 cm³/mol. The first-order chi connectivity index (χ1) is 14.0. The number of likely N-dealkylation sites (tertiary alicyclic amines) is 2. The molecule has 0 aromatic heterocycles. The second-order valence-corrected chi connectivity index (χ2v) is 9.22. The van der Waals surface area contributed by atoms with Gasteiger partial charge in [0.05, 0.1) is 0 Å². The third-order valence-electron chi connectivity index (χ3n) is 6.65. The van der Waals surface area contributed by atoms with Gasteiger partial charge in [-0.15, -0.1) is 0 Å². The summed E-state index contributed by atoms with van der Waals surface area (Å²) >= 11 is 0. The smallest absolute Gasteiger partial charge is 0.191 e. The molecule has 2 N–H and O–H groups in total. The zero-order valence-corrected chi connectivity index (χ0v) is 18.9. The molecule has 2 saturated heterocycles. The van der Waals surface area contributed by atoms with E-state index in [1.54, 1.807) is 0 Å². The molecule has 3 atom stereocenters. The number of benzene rings is 1. The van der Waals surface area contributed by atoms with Gasteiger partial charge in [0, 0.05) is 51.4 Å². The summed E-state index contributed by atoms with van der Waals surface area (Å²) in [6, 6.07) is 12.6. The number of hydrogen-bond acceptors (Lipinski definition) is 3. The molecule has 0 spiro atoms. The van der Waals surface area contributed by atoms with E-state index < -0.39 is 0 Å². The van der Waals surface area contributed by atoms with E-state index >= 15 is 0 Å². The van der Waals surface area contributed by atoms with Crippen LogP contribution < -0.4 is 10.6 Å². The van der Waals surface area contributed by atoms with E-state index in [-0.39, 0.29) is 0 Å². The Morgan fingerprint density at radius 3 is 2.66 bits per heavy atom. The minimum atomic E-state index is 0.502. The molecule has 5 nitrogen and oxygen atoms in total. The number of guanidine groups is 1. The summed E-state index contributed by atoms with van der Waals surface area (Å²) in [6.45, 7) is 12.6. The lowest BCUT2D eigenvalue weighted by Crippen LogP contribution is -2.52. The summed E-state index contributed by atoms with van der Waals surface area (Å²) in [4.78, 5) is 9.71. The van der Waals surface area contributed by atoms with Gasteiger partial charge in [-0.25, -0.2) is 0 Å². The van der Waals surface area contributed by atoms with Crippen LogP contribution >= 0.6 is 0 Å². The van der Waals surface area contributed by atoms with Crippen molar-refractivity contribution in [3.63, 3.8) is 0 Å². The molecule has 3 unspecified atom stereocenters. The third-order valence-corrected chi connectivity index (χ3v) is 6.65. The molecule has 5 heteroatoms. The number of piperidine rings is 2. The van der Waals surface area contributed by atoms with Crippen molar-refractivity contribution in [2.45, 2.75) is 71.1 Å². The molecular formula is C24H41N5. The maximum atomic E-state index is 4.50. The van der Waals surface area contributed by atoms with Crippen molar-refractivity contribution >= 4 is 5.96 Å². The lowest BCUT2D eigenvalue weighted by molar-refractivity contribution is 0.133. The van der Waals surface area contributed by atoms with Gasteiger partial charge in [0.1, 0.15) is 0 Å². The SMILES string of the molecule is CN=C(NCC1CCCN(C(C)C)C1)NC1CCN(Cc2ccccc2)C(C)C1. The molecule has 2 aliphatic heterocycles. The first-order valence-corrected chi connectivity index (χ1v) is 11.5. The topological polar surface area (TPSA) is 42.9 Å². The molecule has 0 aliphatic carbocycles. The van der Waals surface area contributed by atoms with E-state index in [2.05, 4.69) is 76.5 Å². The fourth-order valence-electron chi connectivity index (χ4n) is 4.77. The van der Waals surface area contributed by atoms with E-state index in [1.807, 2.05) is 7.05 Å². The van der Waals surface area contributed by atoms with Crippen LogP contribution in [-0.4, -0.2) is 67.1 Å². The highest BCUT2D eigenvalue weighted by molar-refractivity contribution is 5.79. The van der Waals surface area contributed by atoms with Crippen LogP contribution in [0.2, 0.25) is 0 Å². The molecule has 0 amide bonds. The Bertz CT molecular complexity index is 629. The highest BCUT2D eigenvalue weighted by Gasteiger charge is 2.26. The van der Waals surface area contributed by atoms with Crippen LogP contribution in [0.15, 0.2) is 35.3 Å². The monoisotopic (exact) mass is 399 g/mol. The van der Waals surface area contributed by atoms with E-state index in [0.717, 1.165) is 37.9 Å². The molecule has 1 aromatic rings. The van der Waals surface area contributed by atoms with Crippen LogP contribution in [0.4, 0.5) is 0 Å². The van der Waals surface area contributed by atoms with Gasteiger partial charge in [0.25, 0.3) is 0 Å². The van der Waals surface area contributed by atoms with Crippen molar-refractivity contribution in [2.75, 3.05) is 33.2 Å². The van der Waals surface area contributed by atoms with Gasteiger partial charge in [-0.1, -0.05) is 30.3 Å². The highest BCUT2D eigenvalue weighted by atomic mass is 15.2. The van der Waals surface area contributed by atoms with Gasteiger partial charge >= 0.3 is 0 Å². The van der Waals surface area contributed by atoms with E-state index in [1.165, 1.54) is 37.9 Å². The third kappa shape index (κ3) is 6.71. The van der Waals surface area contributed by atoms with Crippen molar-refractivity contribution in [2.24, 2.45) is 10.9 Å². The van der Waals surface area contributed by atoms with Crippen molar-refractivity contribution in [3.8, 4) is 0 Å². The number of hydrogen-bond donors (Lipinski definition) is 2. The fourth-order valence-corrected chi connectivity index (χ4v) is 4.77. The van der Waals surface area contributed by atoms with E-state index in [4.69, 9.17) is 0 Å². The predicted octanol–water partition coefficient (Wildman–Crippen LogP) is 3.32. The molecule has 0 bridgehead atoms. The van der Waals surface area contributed by atoms with Crippen LogP contribution in [0.25, 0.3) is 0 Å². The van der Waals surface area contributed by atoms with Gasteiger partial charge in [0.2, 0.25) is 0 Å². The molecule has 0 saturated carbocycles. The summed E-state index contributed by atoms with van der Waals surface area (Å²) in [6.07, 6.45) is 4.97. The van der Waals surface area contributed by atoms with Crippen LogP contribution in [0.3, 0.4) is 0 Å². The van der Waals surface area contributed by atoms with Gasteiger partial charge in [-0.2, -0.15) is 0 Å². The fraction of sp³-hybridized carbons (Fsp3) is 0.708. The molecule has 1 aromatic carbocycles. The lowest BCUT2D eigenvalue weighted by Gasteiger charge is -2.39. The Kier molecular flexibility index (Phi) is 8.37. The minimum Gasteiger partial charge on any atom is -0.356 e. The minimum absolute atomic E-state index is 0.502. The van der Waals surface area contributed by atoms with Crippen molar-refractivity contribution in [1.82, 2.24) is 20.4 Å². The van der Waals surface area contributed by atoms with Gasteiger partial charge in [-0.05, 0) is 64.5 Å². The Morgan fingerprint density at radius 2 is 1.97 bits per heavy atom. The Hall–Kier alpha value is -1.59. The number of nitrogens with one attached hydrogen (secondary N) is 2. The average molecular weight is 400 g/mol. The number of rotatable bonds is 6. The van der Waals surface area contributed by atoms with E-state index in [9.17, 15) is 0 Å². The zero-order valence-electron chi connectivity index (χ0n) is 18.9. The molecule has 2 fully saturated rings. The summed E-state index contributed by atoms with van der Waals surface area (Å²) in [5, 5.41) is 7.30. The lowest BCUT2D eigenvalue weighted by atomic mass is 9.96. The van der Waals surface area contributed by atoms with E-state index in [0.29, 0.717) is 18.1 Å². The quantitative estimate of drug-likeness (QED) is 0.569. The van der Waals surface area contributed by atoms with Gasteiger partial charge < -0.3 is 15.5 Å². The molecular weight excluding hydrogens is 358 g/mol. The second-order valence-electron chi connectivity index (χ2n) is 9.22. The number of aliphatic imine (C=N–C) groups is 1. The second kappa shape index (κ2) is 11.0. The van der Waals surface area contributed by atoms with Crippen LogP contribution in [0.1, 0.15) is 52.0 Å². The summed E-state index contributed by atoms with van der Waals surface area (Å²) in [7, 11) is 1.89. The summed E-state index contributed by atoms with van der Waals surface area (Å²) in [5.41, 5.74) is 1.41. The highest BCUT2D eigenvalue weighted by Crippen LogP contribution is 2.20. The maximum absolute atomic E-state index is 4.50. The van der Waals surface area contributed by atoms with Gasteiger partial charge in [0.15, 0.2) is 5.96 Å². The van der Waals surface area contributed by atoms with Gasteiger partial charge in [-0.3, -0.25) is 9.89 Å². The molecule has 162 valence electrons. The van der Waals surface area contributed by atoms with Crippen LogP contribution in [0, 0.1) is 5.92 Å². The molecule has 2 aliphatic rings. The number of nitrogens with zero attached hydrogens (tertiary/aromatic N) is 3. The Morgan fingerprint density at radius 1 is 1.17 bits per heavy atom. The molecule has 29 heavy (non-hydrogen) atoms. The maximum Gasteiger partial charge on any atom is 0.191 e. The molecule has 0 radical (unpaired) electrons. The molecule has 2 heterocycles. The molecule has 3 rings (SSSR count). The van der Waals surface area contributed by atoms with Crippen molar-refractivity contribution in [1.29, 1.82) is 0 Å². The van der Waals surface area contributed by atoms with Crippen LogP contribution in [-0.2, 0) is 6.54 Å². The van der Waals surface area contributed by atoms with Crippen molar-refractivity contribution in [3.05, 3.63) is 35.9 Å². The largest absolute Gasteiger partial charge is 0.356 e. The van der Waals surface area contributed by atoms with Crippen LogP contribution in [0.5, 0.6) is 0 Å². The first-order valence-electron chi connectivity index (χ1n) is 11.5. The Labute approximate surface area is 178 Å². The normalized spacial score (nSPS) is 27.2. The summed E-state index contributed by atoms with van der Waals surface area (Å²) in [5.74, 6) is 1.69. The van der Waals surface area contributed by atoms with Crippen molar-refractivity contribution < 1.29 is 0 Å². The average Bonchev–Trinajstić information content (AvgIpc) is 2.74. The first kappa shape index (κ1) is 22.1. The summed E-state index contributed by atoms with van der Waals surface area (Å²) < 4.78 is 0.